The number of aliphatic hydroxyl groups is 1. The van der Waals surface area contributed by atoms with Gasteiger partial charge in [-0.2, -0.15) is 0 Å². The maximum atomic E-state index is 12.4. The Hall–Kier alpha value is -1.88. The van der Waals surface area contributed by atoms with Crippen LogP contribution in [0.15, 0.2) is 18.2 Å². The molecule has 5 heteroatoms. The Morgan fingerprint density at radius 1 is 1.43 bits per heavy atom. The van der Waals surface area contributed by atoms with Gasteiger partial charge in [-0.15, -0.1) is 0 Å². The molecule has 3 rings (SSSR count). The third-order valence-corrected chi connectivity index (χ3v) is 4.91. The molecule has 1 atom stereocenters. The lowest BCUT2D eigenvalue weighted by molar-refractivity contribution is -0.133. The predicted molar refractivity (Wildman–Crippen MR) is 90.1 cm³/mol. The van der Waals surface area contributed by atoms with Crippen LogP contribution in [-0.4, -0.2) is 45.1 Å². The summed E-state index contributed by atoms with van der Waals surface area (Å²) >= 11 is 0. The van der Waals surface area contributed by atoms with Crippen LogP contribution in [0.25, 0.3) is 11.0 Å². The molecule has 2 heterocycles. The number of amides is 1. The number of carbonyl (C=O) groups is 1. The molecule has 0 bridgehead atoms. The molecule has 0 spiro atoms. The van der Waals surface area contributed by atoms with Crippen LogP contribution in [0.5, 0.6) is 0 Å². The Labute approximate surface area is 136 Å². The first-order chi connectivity index (χ1) is 11.0. The molecular weight excluding hydrogens is 290 g/mol. The van der Waals surface area contributed by atoms with Gasteiger partial charge < -0.3 is 15.0 Å². The molecular formula is C18H25N3O2. The number of nitrogens with one attached hydrogen (secondary N) is 1. The Morgan fingerprint density at radius 2 is 2.17 bits per heavy atom. The van der Waals surface area contributed by atoms with E-state index in [1.165, 1.54) is 0 Å². The second kappa shape index (κ2) is 6.71. The van der Waals surface area contributed by atoms with Crippen LogP contribution in [0.1, 0.15) is 37.6 Å². The molecule has 1 aromatic carbocycles. The zero-order chi connectivity index (χ0) is 16.4. The zero-order valence-corrected chi connectivity index (χ0v) is 13.9. The van der Waals surface area contributed by atoms with E-state index in [9.17, 15) is 9.90 Å². The number of carbonyl (C=O) groups excluding carboxylic acids is 1. The van der Waals surface area contributed by atoms with Crippen molar-refractivity contribution in [3.05, 3.63) is 29.6 Å². The number of aromatic nitrogens is 2. The highest BCUT2D eigenvalue weighted by atomic mass is 16.3. The first-order valence-electron chi connectivity index (χ1n) is 8.44. The molecule has 1 saturated heterocycles. The molecule has 23 heavy (non-hydrogen) atoms. The minimum absolute atomic E-state index is 0.186. The van der Waals surface area contributed by atoms with E-state index in [0.29, 0.717) is 18.8 Å². The first-order valence-corrected chi connectivity index (χ1v) is 8.44. The highest BCUT2D eigenvalue weighted by Crippen LogP contribution is 2.21. The molecule has 2 aromatic rings. The number of para-hydroxylation sites is 1. The van der Waals surface area contributed by atoms with E-state index in [-0.39, 0.29) is 12.0 Å². The van der Waals surface area contributed by atoms with E-state index >= 15 is 0 Å². The van der Waals surface area contributed by atoms with E-state index in [2.05, 4.69) is 9.97 Å². The molecule has 5 nitrogen and oxygen atoms in total. The molecule has 0 saturated carbocycles. The number of hydrogen-bond donors (Lipinski definition) is 2. The number of fused-ring (bicyclic) bond motifs is 1. The van der Waals surface area contributed by atoms with E-state index < -0.39 is 0 Å². The standard InChI is InChI=1S/C18H25N3O2/c1-12-4-3-5-15-18(12)20-16(19-15)6-7-17(23)21-10-8-14(9-11-21)13(2)22/h3-5,13-14,22H,6-11H2,1-2H3,(H,19,20). The van der Waals surface area contributed by atoms with Crippen molar-refractivity contribution >= 4 is 16.9 Å². The van der Waals surface area contributed by atoms with E-state index in [1.807, 2.05) is 36.9 Å². The lowest BCUT2D eigenvalue weighted by atomic mass is 9.92. The van der Waals surface area contributed by atoms with Crippen molar-refractivity contribution in [2.24, 2.45) is 5.92 Å². The lowest BCUT2D eigenvalue weighted by Crippen LogP contribution is -2.40. The van der Waals surface area contributed by atoms with Crippen molar-refractivity contribution in [1.82, 2.24) is 14.9 Å². The number of aryl methyl sites for hydroxylation is 2. The number of likely N-dealkylation sites (tertiary alicyclic amines) is 1. The van der Waals surface area contributed by atoms with Gasteiger partial charge in [0.1, 0.15) is 5.82 Å². The fraction of sp³-hybridized carbons (Fsp3) is 0.556. The molecule has 1 unspecified atom stereocenters. The molecule has 0 radical (unpaired) electrons. The third kappa shape index (κ3) is 3.55. The van der Waals surface area contributed by atoms with E-state index in [4.69, 9.17) is 0 Å². The summed E-state index contributed by atoms with van der Waals surface area (Å²) in [4.78, 5) is 22.2. The van der Waals surface area contributed by atoms with Crippen LogP contribution in [-0.2, 0) is 11.2 Å². The summed E-state index contributed by atoms with van der Waals surface area (Å²) in [6, 6.07) is 6.07. The quantitative estimate of drug-likeness (QED) is 0.910. The third-order valence-electron chi connectivity index (χ3n) is 4.91. The Morgan fingerprint density at radius 3 is 2.83 bits per heavy atom. The molecule has 0 aliphatic carbocycles. The summed E-state index contributed by atoms with van der Waals surface area (Å²) < 4.78 is 0. The van der Waals surface area contributed by atoms with Crippen molar-refractivity contribution in [3.63, 3.8) is 0 Å². The Balaban J connectivity index is 1.55. The van der Waals surface area contributed by atoms with E-state index in [1.54, 1.807) is 0 Å². The number of aliphatic hydroxyl groups excluding tert-OH is 1. The van der Waals surface area contributed by atoms with Gasteiger partial charge in [0.2, 0.25) is 5.91 Å². The minimum Gasteiger partial charge on any atom is -0.393 e. The van der Waals surface area contributed by atoms with E-state index in [0.717, 1.165) is 48.4 Å². The van der Waals surface area contributed by atoms with Crippen molar-refractivity contribution in [2.45, 2.75) is 45.6 Å². The maximum Gasteiger partial charge on any atom is 0.223 e. The molecule has 1 aliphatic heterocycles. The monoisotopic (exact) mass is 315 g/mol. The van der Waals surface area contributed by atoms with Gasteiger partial charge in [-0.1, -0.05) is 12.1 Å². The zero-order valence-electron chi connectivity index (χ0n) is 13.9. The van der Waals surface area contributed by atoms with Gasteiger partial charge in [0, 0.05) is 25.9 Å². The molecule has 1 aliphatic rings. The number of rotatable bonds is 4. The number of imidazole rings is 1. The molecule has 1 fully saturated rings. The highest BCUT2D eigenvalue weighted by Gasteiger charge is 2.25. The van der Waals surface area contributed by atoms with Crippen LogP contribution < -0.4 is 0 Å². The minimum atomic E-state index is -0.272. The lowest BCUT2D eigenvalue weighted by Gasteiger charge is -2.33. The van der Waals surface area contributed by atoms with Crippen molar-refractivity contribution in [3.8, 4) is 0 Å². The summed E-state index contributed by atoms with van der Waals surface area (Å²) in [6.07, 6.45) is 2.65. The van der Waals surface area contributed by atoms with Gasteiger partial charge in [0.05, 0.1) is 17.1 Å². The molecule has 1 aromatic heterocycles. The maximum absolute atomic E-state index is 12.4. The molecule has 1 amide bonds. The normalized spacial score (nSPS) is 17.6. The van der Waals surface area contributed by atoms with Crippen LogP contribution in [0.3, 0.4) is 0 Å². The number of nitrogens with zero attached hydrogens (tertiary/aromatic N) is 2. The Kier molecular flexibility index (Phi) is 4.66. The summed E-state index contributed by atoms with van der Waals surface area (Å²) in [7, 11) is 0. The van der Waals surface area contributed by atoms with Crippen LogP contribution in [0.2, 0.25) is 0 Å². The van der Waals surface area contributed by atoms with Gasteiger partial charge in [-0.05, 0) is 44.2 Å². The van der Waals surface area contributed by atoms with Crippen LogP contribution >= 0.6 is 0 Å². The number of benzene rings is 1. The summed E-state index contributed by atoms with van der Waals surface area (Å²) in [5, 5.41) is 9.63. The van der Waals surface area contributed by atoms with Gasteiger partial charge in [0.25, 0.3) is 0 Å². The van der Waals surface area contributed by atoms with Gasteiger partial charge in [-0.3, -0.25) is 4.79 Å². The predicted octanol–water partition coefficient (Wildman–Crippen LogP) is 2.42. The fourth-order valence-electron chi connectivity index (χ4n) is 3.36. The number of hydrogen-bond acceptors (Lipinski definition) is 3. The second-order valence-electron chi connectivity index (χ2n) is 6.61. The summed E-state index contributed by atoms with van der Waals surface area (Å²) in [5.41, 5.74) is 3.18. The van der Waals surface area contributed by atoms with Gasteiger partial charge in [-0.25, -0.2) is 4.98 Å². The first kappa shape index (κ1) is 16.0. The van der Waals surface area contributed by atoms with Crippen LogP contribution in [0, 0.1) is 12.8 Å². The topological polar surface area (TPSA) is 69.2 Å². The highest BCUT2D eigenvalue weighted by molar-refractivity contribution is 5.79. The Bertz CT molecular complexity index is 685. The summed E-state index contributed by atoms with van der Waals surface area (Å²) in [6.45, 7) is 5.40. The second-order valence-corrected chi connectivity index (χ2v) is 6.61. The smallest absolute Gasteiger partial charge is 0.223 e. The number of H-pyrrole nitrogens is 1. The fourth-order valence-corrected chi connectivity index (χ4v) is 3.36. The molecule has 2 N–H and O–H groups in total. The van der Waals surface area contributed by atoms with Crippen molar-refractivity contribution in [2.75, 3.05) is 13.1 Å². The van der Waals surface area contributed by atoms with Gasteiger partial charge in [0.15, 0.2) is 0 Å². The largest absolute Gasteiger partial charge is 0.393 e. The number of piperidine rings is 1. The average Bonchev–Trinajstić information content (AvgIpc) is 2.97. The summed E-state index contributed by atoms with van der Waals surface area (Å²) in [5.74, 6) is 1.39. The number of aromatic amines is 1. The van der Waals surface area contributed by atoms with Crippen LogP contribution in [0.4, 0.5) is 0 Å². The van der Waals surface area contributed by atoms with Gasteiger partial charge >= 0.3 is 0 Å². The van der Waals surface area contributed by atoms with Crippen molar-refractivity contribution < 1.29 is 9.90 Å². The molecule has 124 valence electrons. The SMILES string of the molecule is Cc1cccc2[nH]c(CCC(=O)N3CCC(C(C)O)CC3)nc12. The van der Waals surface area contributed by atoms with Crippen molar-refractivity contribution in [1.29, 1.82) is 0 Å². The average molecular weight is 315 g/mol.